The van der Waals surface area contributed by atoms with Gasteiger partial charge in [-0.25, -0.2) is 4.79 Å². The first-order chi connectivity index (χ1) is 9.14. The number of benzene rings is 1. The van der Waals surface area contributed by atoms with E-state index < -0.39 is 22.1 Å². The van der Waals surface area contributed by atoms with Gasteiger partial charge in [0.15, 0.2) is 0 Å². The van der Waals surface area contributed by atoms with Crippen molar-refractivity contribution >= 4 is 23.0 Å². The summed E-state index contributed by atoms with van der Waals surface area (Å²) >= 11 is -1.60. The van der Waals surface area contributed by atoms with E-state index in [0.717, 1.165) is 5.56 Å². The topological polar surface area (TPSA) is 72.7 Å². The summed E-state index contributed by atoms with van der Waals surface area (Å²) in [6.45, 7) is 9.26. The summed E-state index contributed by atoms with van der Waals surface area (Å²) in [6.07, 6.45) is 0. The van der Waals surface area contributed by atoms with E-state index in [1.165, 1.54) is 0 Å². The van der Waals surface area contributed by atoms with Crippen molar-refractivity contribution in [3.8, 4) is 0 Å². The van der Waals surface area contributed by atoms with Crippen LogP contribution >= 0.6 is 0 Å². The van der Waals surface area contributed by atoms with Gasteiger partial charge in [-0.3, -0.25) is 0 Å². The molecule has 0 aliphatic rings. The van der Waals surface area contributed by atoms with E-state index in [1.54, 1.807) is 32.9 Å². The van der Waals surface area contributed by atoms with Gasteiger partial charge in [0.2, 0.25) is 5.71 Å². The fraction of sp³-hybridized carbons (Fsp3) is 0.467. The first kappa shape index (κ1) is 16.7. The van der Waals surface area contributed by atoms with Crippen molar-refractivity contribution in [3.63, 3.8) is 0 Å². The fourth-order valence-electron chi connectivity index (χ4n) is 1.64. The Kier molecular flexibility index (Phi) is 5.36. The zero-order chi connectivity index (χ0) is 15.5. The Morgan fingerprint density at radius 2 is 1.85 bits per heavy atom. The van der Waals surface area contributed by atoms with Crippen LogP contribution in [0.3, 0.4) is 0 Å². The number of nitrogens with zero attached hydrogens (tertiary/aromatic N) is 1. The Morgan fingerprint density at radius 1 is 1.30 bits per heavy atom. The van der Waals surface area contributed by atoms with Gasteiger partial charge in [-0.2, -0.15) is 0 Å². The van der Waals surface area contributed by atoms with Gasteiger partial charge in [0, 0.05) is 5.56 Å². The van der Waals surface area contributed by atoms with Crippen molar-refractivity contribution in [3.05, 3.63) is 35.4 Å². The molecule has 0 saturated carbocycles. The number of hydrogen-bond donors (Lipinski definition) is 1. The standard InChI is InChI=1S/C15H21NO3S/c1-10(2)11-8-6-7-9-12(11)13(14(17)18)16-20(19)15(3,4)5/h6-10H,1-5H3,(H,17,18). The maximum absolute atomic E-state index is 12.1. The summed E-state index contributed by atoms with van der Waals surface area (Å²) in [4.78, 5) is 11.5. The van der Waals surface area contributed by atoms with Gasteiger partial charge in [0.1, 0.15) is 16.1 Å². The van der Waals surface area contributed by atoms with Crippen LogP contribution in [0, 0.1) is 0 Å². The van der Waals surface area contributed by atoms with Crippen LogP contribution < -0.4 is 0 Å². The normalized spacial score (nSPS) is 14.4. The molecule has 0 aliphatic carbocycles. The molecule has 1 rings (SSSR count). The third kappa shape index (κ3) is 4.08. The lowest BCUT2D eigenvalue weighted by Gasteiger charge is -2.19. The summed E-state index contributed by atoms with van der Waals surface area (Å²) in [5.74, 6) is -0.991. The monoisotopic (exact) mass is 295 g/mol. The molecule has 5 heteroatoms. The Morgan fingerprint density at radius 3 is 2.30 bits per heavy atom. The van der Waals surface area contributed by atoms with Crippen molar-refractivity contribution in [1.82, 2.24) is 0 Å². The Balaban J connectivity index is 3.36. The molecule has 0 bridgehead atoms. The number of carboxylic acid groups (broad SMARTS) is 1. The van der Waals surface area contributed by atoms with Crippen molar-refractivity contribution < 1.29 is 14.5 Å². The second-order valence-electron chi connectivity index (χ2n) is 5.85. The molecular formula is C15H21NO3S. The summed E-state index contributed by atoms with van der Waals surface area (Å²) in [5.41, 5.74) is 1.29. The molecule has 1 aromatic rings. The third-order valence-corrected chi connectivity index (χ3v) is 4.13. The number of hydrogen-bond acceptors (Lipinski definition) is 3. The highest BCUT2D eigenvalue weighted by atomic mass is 32.2. The molecule has 20 heavy (non-hydrogen) atoms. The fourth-order valence-corrected chi connectivity index (χ4v) is 2.26. The summed E-state index contributed by atoms with van der Waals surface area (Å²) in [6, 6.07) is 7.21. The first-order valence-electron chi connectivity index (χ1n) is 6.48. The molecule has 0 spiro atoms. The van der Waals surface area contributed by atoms with E-state index in [4.69, 9.17) is 0 Å². The quantitative estimate of drug-likeness (QED) is 0.685. The smallest absolute Gasteiger partial charge is 0.359 e. The van der Waals surface area contributed by atoms with Crippen LogP contribution in [0.1, 0.15) is 51.7 Å². The van der Waals surface area contributed by atoms with Gasteiger partial charge in [-0.05, 0) is 32.3 Å². The summed E-state index contributed by atoms with van der Waals surface area (Å²) in [5, 5.41) is 9.38. The van der Waals surface area contributed by atoms with Crippen molar-refractivity contribution in [1.29, 1.82) is 0 Å². The summed E-state index contributed by atoms with van der Waals surface area (Å²) in [7, 11) is 0. The average Bonchev–Trinajstić information content (AvgIpc) is 2.33. The van der Waals surface area contributed by atoms with E-state index in [2.05, 4.69) is 4.40 Å². The number of carboxylic acids is 1. The van der Waals surface area contributed by atoms with Gasteiger partial charge >= 0.3 is 5.97 Å². The molecule has 0 fully saturated rings. The number of rotatable bonds is 4. The van der Waals surface area contributed by atoms with Gasteiger partial charge in [-0.15, -0.1) is 0 Å². The first-order valence-corrected chi connectivity index (χ1v) is 7.58. The highest BCUT2D eigenvalue weighted by Crippen LogP contribution is 2.23. The molecule has 0 aromatic heterocycles. The highest BCUT2D eigenvalue weighted by Gasteiger charge is 2.30. The lowest BCUT2D eigenvalue weighted by Crippen LogP contribution is -2.29. The van der Waals surface area contributed by atoms with E-state index >= 15 is 0 Å². The van der Waals surface area contributed by atoms with Gasteiger partial charge < -0.3 is 9.66 Å². The van der Waals surface area contributed by atoms with Crippen LogP contribution in [0.25, 0.3) is 0 Å². The van der Waals surface area contributed by atoms with Crippen LogP contribution in [0.2, 0.25) is 0 Å². The molecular weight excluding hydrogens is 274 g/mol. The van der Waals surface area contributed by atoms with Gasteiger partial charge in [-0.1, -0.05) is 42.5 Å². The molecule has 4 nitrogen and oxygen atoms in total. The molecule has 1 N–H and O–H groups in total. The van der Waals surface area contributed by atoms with Crippen LogP contribution in [0.4, 0.5) is 0 Å². The van der Waals surface area contributed by atoms with Crippen LogP contribution in [0.15, 0.2) is 28.7 Å². The molecule has 0 radical (unpaired) electrons. The van der Waals surface area contributed by atoms with E-state index in [0.29, 0.717) is 5.56 Å². The minimum Gasteiger partial charge on any atom is -0.591 e. The van der Waals surface area contributed by atoms with Gasteiger partial charge in [0.05, 0.1) is 0 Å². The van der Waals surface area contributed by atoms with Crippen LogP contribution in [-0.2, 0) is 16.2 Å². The molecule has 0 saturated heterocycles. The molecule has 0 heterocycles. The predicted octanol–water partition coefficient (Wildman–Crippen LogP) is 3.15. The number of aliphatic carboxylic acids is 1. The van der Waals surface area contributed by atoms with E-state index in [-0.39, 0.29) is 11.6 Å². The minimum atomic E-state index is -1.60. The van der Waals surface area contributed by atoms with Gasteiger partial charge in [0.25, 0.3) is 0 Å². The second-order valence-corrected chi connectivity index (χ2v) is 7.75. The highest BCUT2D eigenvalue weighted by molar-refractivity contribution is 7.91. The zero-order valence-electron chi connectivity index (χ0n) is 12.5. The molecule has 1 unspecified atom stereocenters. The lowest BCUT2D eigenvalue weighted by molar-refractivity contribution is -0.129. The third-order valence-electron chi connectivity index (χ3n) is 2.74. The van der Waals surface area contributed by atoms with Crippen molar-refractivity contribution in [2.45, 2.75) is 45.3 Å². The minimum absolute atomic E-state index is 0.137. The van der Waals surface area contributed by atoms with Crippen molar-refractivity contribution in [2.24, 2.45) is 4.40 Å². The Bertz CT molecular complexity index is 518. The largest absolute Gasteiger partial charge is 0.591 e. The average molecular weight is 295 g/mol. The van der Waals surface area contributed by atoms with Crippen LogP contribution in [-0.4, -0.2) is 26.1 Å². The SMILES string of the molecule is CC(C)c1ccccc1C(=N[S+]([O-])C(C)(C)C)C(=O)O. The maximum atomic E-state index is 12.1. The lowest BCUT2D eigenvalue weighted by atomic mass is 9.94. The zero-order valence-corrected chi connectivity index (χ0v) is 13.3. The maximum Gasteiger partial charge on any atom is 0.359 e. The second kappa shape index (κ2) is 6.41. The molecule has 110 valence electrons. The Hall–Kier alpha value is -1.33. The number of carbonyl (C=O) groups is 1. The molecule has 1 aromatic carbocycles. The molecule has 0 amide bonds. The van der Waals surface area contributed by atoms with Crippen LogP contribution in [0.5, 0.6) is 0 Å². The predicted molar refractivity (Wildman–Crippen MR) is 82.6 cm³/mol. The molecule has 0 aliphatic heterocycles. The molecule has 1 atom stereocenters. The Labute approximate surface area is 123 Å². The van der Waals surface area contributed by atoms with Crippen molar-refractivity contribution in [2.75, 3.05) is 0 Å². The summed E-state index contributed by atoms with van der Waals surface area (Å²) < 4.78 is 15.5. The van der Waals surface area contributed by atoms with E-state index in [9.17, 15) is 14.5 Å². The van der Waals surface area contributed by atoms with E-state index in [1.807, 2.05) is 26.0 Å².